The second-order valence-corrected chi connectivity index (χ2v) is 17.2. The number of hydrogen-bond donors (Lipinski definition) is 0. The molecule has 0 radical (unpaired) electrons. The van der Waals surface area contributed by atoms with Gasteiger partial charge in [0.1, 0.15) is 0 Å². The fourth-order valence-corrected chi connectivity index (χ4v) is 6.91. The van der Waals surface area contributed by atoms with Gasteiger partial charge in [0.15, 0.2) is 19.7 Å². The average molecular weight is 791 g/mol. The minimum Gasteiger partial charge on any atom is -0.366 e. The summed E-state index contributed by atoms with van der Waals surface area (Å²) in [5.41, 5.74) is 4.78. The molecule has 0 N–H and O–H groups in total. The van der Waals surface area contributed by atoms with E-state index in [4.69, 9.17) is 11.6 Å². The zero-order chi connectivity index (χ0) is 39.7. The summed E-state index contributed by atoms with van der Waals surface area (Å²) < 4.78 is 87.8. The van der Waals surface area contributed by atoms with Crippen molar-refractivity contribution in [3.05, 3.63) is 117 Å². The maximum Gasteiger partial charge on any atom is 0.416 e. The molecule has 0 aromatic heterocycles. The molecule has 286 valence electrons. The van der Waals surface area contributed by atoms with E-state index in [1.54, 1.807) is 42.7 Å². The molecule has 14 heteroatoms. The maximum atomic E-state index is 12.9. The van der Waals surface area contributed by atoms with Gasteiger partial charge in [-0.05, 0) is 110 Å². The van der Waals surface area contributed by atoms with Gasteiger partial charge in [0.05, 0.1) is 39.4 Å². The summed E-state index contributed by atoms with van der Waals surface area (Å²) in [6.45, 7) is 9.19. The van der Waals surface area contributed by atoms with E-state index in [9.17, 15) is 30.0 Å². The summed E-state index contributed by atoms with van der Waals surface area (Å²) in [7, 11) is -3.25. The Hall–Kier alpha value is -4.20. The number of aryl methyl sites for hydroxylation is 2. The van der Waals surface area contributed by atoms with Gasteiger partial charge in [-0.15, -0.1) is 0 Å². The van der Waals surface area contributed by atoms with Crippen LogP contribution in [0.1, 0.15) is 52.8 Å². The molecule has 0 fully saturated rings. The first-order chi connectivity index (χ1) is 24.6. The third-order valence-electron chi connectivity index (χ3n) is 8.41. The summed E-state index contributed by atoms with van der Waals surface area (Å²) >= 11 is 6.24. The monoisotopic (exact) mass is 790 g/mol. The Morgan fingerprint density at radius 2 is 1.15 bits per heavy atom. The van der Waals surface area contributed by atoms with Gasteiger partial charge in [-0.25, -0.2) is 26.8 Å². The molecule has 0 atom stereocenters. The van der Waals surface area contributed by atoms with Crippen LogP contribution in [-0.4, -0.2) is 79.0 Å². The standard InChI is InChI=1S/C20H23F3N2O2S.C19H23ClN2O2S/c1-5-25(3)13-24-18-9-14(2)16(12-19(18)28(4,26)27)10-15-7-6-8-17(11-15)20(21,22)23;1-5-22(3)13-21-18-10-14(2)16(12-19(18)25(4,23)24)11-15-8-6-7-9-17(15)20/h6-9,11-13H,5,10H2,1-4H3;6-10,12-13H,5,11H2,1-4H3. The van der Waals surface area contributed by atoms with Crippen molar-refractivity contribution in [1.29, 1.82) is 0 Å². The molecule has 8 nitrogen and oxygen atoms in total. The van der Waals surface area contributed by atoms with Crippen molar-refractivity contribution in [2.24, 2.45) is 9.98 Å². The van der Waals surface area contributed by atoms with Crippen molar-refractivity contribution < 1.29 is 30.0 Å². The molecular weight excluding hydrogens is 745 g/mol. The second-order valence-electron chi connectivity index (χ2n) is 12.8. The predicted molar refractivity (Wildman–Crippen MR) is 210 cm³/mol. The highest BCUT2D eigenvalue weighted by Crippen LogP contribution is 2.33. The number of hydrogen-bond acceptors (Lipinski definition) is 6. The summed E-state index contributed by atoms with van der Waals surface area (Å²) in [5, 5.41) is 0.675. The van der Waals surface area contributed by atoms with Crippen molar-refractivity contribution >= 4 is 55.3 Å². The Morgan fingerprint density at radius 1 is 0.679 bits per heavy atom. The van der Waals surface area contributed by atoms with Gasteiger partial charge in [-0.3, -0.25) is 0 Å². The van der Waals surface area contributed by atoms with Crippen molar-refractivity contribution in [2.75, 3.05) is 39.7 Å². The van der Waals surface area contributed by atoms with Crippen LogP contribution in [0, 0.1) is 13.8 Å². The van der Waals surface area contributed by atoms with Gasteiger partial charge in [0.2, 0.25) is 0 Å². The minimum atomic E-state index is -4.42. The lowest BCUT2D eigenvalue weighted by Crippen LogP contribution is -2.14. The van der Waals surface area contributed by atoms with Crippen LogP contribution < -0.4 is 0 Å². The summed E-state index contributed by atoms with van der Waals surface area (Å²) in [5.74, 6) is 0. The predicted octanol–water partition coefficient (Wildman–Crippen LogP) is 8.87. The Kier molecular flexibility index (Phi) is 14.9. The van der Waals surface area contributed by atoms with Crippen LogP contribution in [0.4, 0.5) is 24.5 Å². The number of sulfone groups is 2. The van der Waals surface area contributed by atoms with Gasteiger partial charge in [-0.1, -0.05) is 48.0 Å². The lowest BCUT2D eigenvalue weighted by Gasteiger charge is -2.14. The van der Waals surface area contributed by atoms with E-state index in [1.807, 2.05) is 70.1 Å². The van der Waals surface area contributed by atoms with Gasteiger partial charge >= 0.3 is 6.18 Å². The van der Waals surface area contributed by atoms with Crippen molar-refractivity contribution in [2.45, 2.75) is 56.5 Å². The van der Waals surface area contributed by atoms with Crippen LogP contribution in [0.25, 0.3) is 0 Å². The highest BCUT2D eigenvalue weighted by atomic mass is 35.5. The molecule has 0 saturated heterocycles. The van der Waals surface area contributed by atoms with Gasteiger partial charge in [0.25, 0.3) is 0 Å². The van der Waals surface area contributed by atoms with Crippen molar-refractivity contribution in [3.8, 4) is 0 Å². The number of alkyl halides is 3. The zero-order valence-corrected chi connectivity index (χ0v) is 33.6. The van der Waals surface area contributed by atoms with Crippen LogP contribution in [0.15, 0.2) is 92.6 Å². The Morgan fingerprint density at radius 3 is 1.58 bits per heavy atom. The lowest BCUT2D eigenvalue weighted by molar-refractivity contribution is -0.137. The van der Waals surface area contributed by atoms with E-state index >= 15 is 0 Å². The molecule has 0 aliphatic carbocycles. The first kappa shape index (κ1) is 43.2. The highest BCUT2D eigenvalue weighted by molar-refractivity contribution is 7.91. The molecule has 0 aliphatic rings. The topological polar surface area (TPSA) is 99.5 Å². The summed E-state index contributed by atoms with van der Waals surface area (Å²) in [6, 6.07) is 19.3. The molecule has 4 aromatic rings. The molecule has 0 heterocycles. The number of nitrogens with zero attached hydrogens (tertiary/aromatic N) is 4. The van der Waals surface area contributed by atoms with E-state index in [0.717, 1.165) is 47.2 Å². The van der Waals surface area contributed by atoms with Gasteiger partial charge in [0, 0.05) is 44.7 Å². The zero-order valence-electron chi connectivity index (χ0n) is 31.2. The SMILES string of the molecule is CCN(C)C=Nc1cc(C)c(Cc2cccc(C(F)(F)F)c2)cc1S(C)(=O)=O.CCN(C)C=Nc1cc(C)c(Cc2ccccc2Cl)cc1S(C)(=O)=O. The Balaban J connectivity index is 0.000000287. The number of benzene rings is 4. The van der Waals surface area contributed by atoms with Gasteiger partial charge < -0.3 is 9.80 Å². The van der Waals surface area contributed by atoms with E-state index < -0.39 is 31.4 Å². The van der Waals surface area contributed by atoms with Crippen LogP contribution in [0.5, 0.6) is 0 Å². The molecule has 0 aliphatic heterocycles. The number of rotatable bonds is 12. The van der Waals surface area contributed by atoms with Crippen LogP contribution in [-0.2, 0) is 38.7 Å². The van der Waals surface area contributed by atoms with E-state index in [-0.39, 0.29) is 16.2 Å². The lowest BCUT2D eigenvalue weighted by atomic mass is 9.98. The fourth-order valence-electron chi connectivity index (χ4n) is 5.02. The third-order valence-corrected chi connectivity index (χ3v) is 11.0. The maximum absolute atomic E-state index is 12.9. The number of aliphatic imine (C=N–C) groups is 2. The minimum absolute atomic E-state index is 0.0563. The third kappa shape index (κ3) is 12.7. The van der Waals surface area contributed by atoms with E-state index in [2.05, 4.69) is 9.98 Å². The largest absolute Gasteiger partial charge is 0.416 e. The fraction of sp³-hybridized carbons (Fsp3) is 0.333. The Bertz CT molecular complexity index is 2190. The molecule has 0 spiro atoms. The molecule has 4 aromatic carbocycles. The second kappa shape index (κ2) is 18.2. The molecule has 0 unspecified atom stereocenters. The molecule has 0 bridgehead atoms. The molecule has 53 heavy (non-hydrogen) atoms. The summed E-state index contributed by atoms with van der Waals surface area (Å²) in [4.78, 5) is 12.6. The van der Waals surface area contributed by atoms with Crippen LogP contribution in [0.3, 0.4) is 0 Å². The average Bonchev–Trinajstić information content (AvgIpc) is 3.07. The van der Waals surface area contributed by atoms with E-state index in [0.29, 0.717) is 40.5 Å². The summed E-state index contributed by atoms with van der Waals surface area (Å²) in [6.07, 6.45) is 1.84. The molecule has 0 saturated carbocycles. The molecule has 0 amide bonds. The van der Waals surface area contributed by atoms with Crippen molar-refractivity contribution in [3.63, 3.8) is 0 Å². The van der Waals surface area contributed by atoms with Crippen LogP contribution >= 0.6 is 11.6 Å². The Labute approximate surface area is 316 Å². The number of halogens is 4. The first-order valence-electron chi connectivity index (χ1n) is 16.7. The molecule has 4 rings (SSSR count). The normalized spacial score (nSPS) is 12.2. The van der Waals surface area contributed by atoms with Gasteiger partial charge in [-0.2, -0.15) is 13.2 Å². The van der Waals surface area contributed by atoms with Crippen molar-refractivity contribution in [1.82, 2.24) is 9.80 Å². The van der Waals surface area contributed by atoms with E-state index in [1.165, 1.54) is 18.4 Å². The smallest absolute Gasteiger partial charge is 0.366 e. The van der Waals surface area contributed by atoms with Crippen LogP contribution in [0.2, 0.25) is 5.02 Å². The highest BCUT2D eigenvalue weighted by Gasteiger charge is 2.30. The molecular formula is C39H46ClF3N4O4S2. The first-order valence-corrected chi connectivity index (χ1v) is 20.9. The quantitative estimate of drug-likeness (QED) is 0.105.